The molecule has 1 amide bonds. The van der Waals surface area contributed by atoms with Crippen LogP contribution in [-0.2, 0) is 9.47 Å². The Kier molecular flexibility index (Phi) is 6.98. The molecule has 1 saturated heterocycles. The zero-order valence-electron chi connectivity index (χ0n) is 16.1. The molecule has 7 heteroatoms. The zero-order chi connectivity index (χ0) is 19.1. The topological polar surface area (TPSA) is 68.6 Å². The van der Waals surface area contributed by atoms with Crippen molar-refractivity contribution in [3.8, 4) is 11.1 Å². The van der Waals surface area contributed by atoms with Gasteiger partial charge in [0.2, 0.25) is 0 Å². The molecule has 0 radical (unpaired) electrons. The fourth-order valence-electron chi connectivity index (χ4n) is 3.07. The molecule has 0 spiro atoms. The maximum absolute atomic E-state index is 12.3. The number of nitrogens with zero attached hydrogens (tertiary/aromatic N) is 3. The standard InChI is InChI=1S/C20H28N4O3/c1-3-27-16(2)24-15-19(14-22-24)17-4-6-18(7-5-17)20(25)21-8-9-23-10-12-26-13-11-23/h4-7,14-16H,3,8-13H2,1-2H3,(H,21,25). The van der Waals surface area contributed by atoms with Gasteiger partial charge < -0.3 is 14.8 Å². The van der Waals surface area contributed by atoms with Gasteiger partial charge in [-0.2, -0.15) is 5.10 Å². The molecule has 0 aliphatic carbocycles. The summed E-state index contributed by atoms with van der Waals surface area (Å²) in [6.07, 6.45) is 3.67. The first-order chi connectivity index (χ1) is 13.2. The van der Waals surface area contributed by atoms with E-state index in [1.807, 2.05) is 50.5 Å². The number of hydrogen-bond donors (Lipinski definition) is 1. The van der Waals surface area contributed by atoms with E-state index in [1.54, 1.807) is 4.68 Å². The maximum Gasteiger partial charge on any atom is 0.251 e. The van der Waals surface area contributed by atoms with Gasteiger partial charge in [-0.15, -0.1) is 0 Å². The summed E-state index contributed by atoms with van der Waals surface area (Å²) >= 11 is 0. The first kappa shape index (κ1) is 19.5. The lowest BCUT2D eigenvalue weighted by Gasteiger charge is -2.26. The van der Waals surface area contributed by atoms with Gasteiger partial charge in [0, 0.05) is 50.1 Å². The van der Waals surface area contributed by atoms with Gasteiger partial charge in [-0.3, -0.25) is 9.69 Å². The summed E-state index contributed by atoms with van der Waals surface area (Å²) in [5.74, 6) is -0.0459. The Morgan fingerprint density at radius 2 is 2.00 bits per heavy atom. The van der Waals surface area contributed by atoms with Crippen molar-refractivity contribution in [2.45, 2.75) is 20.1 Å². The smallest absolute Gasteiger partial charge is 0.251 e. The maximum atomic E-state index is 12.3. The highest BCUT2D eigenvalue weighted by molar-refractivity contribution is 5.94. The molecule has 1 aliphatic rings. The number of aromatic nitrogens is 2. The van der Waals surface area contributed by atoms with Crippen LogP contribution in [-0.4, -0.2) is 66.6 Å². The molecule has 7 nitrogen and oxygen atoms in total. The molecule has 0 saturated carbocycles. The number of nitrogens with one attached hydrogen (secondary N) is 1. The van der Waals surface area contributed by atoms with E-state index in [-0.39, 0.29) is 12.1 Å². The third-order valence-electron chi connectivity index (χ3n) is 4.68. The SMILES string of the molecule is CCOC(C)n1cc(-c2ccc(C(=O)NCCN3CCOCC3)cc2)cn1. The van der Waals surface area contributed by atoms with Crippen LogP contribution in [0.1, 0.15) is 30.4 Å². The lowest BCUT2D eigenvalue weighted by molar-refractivity contribution is 0.0160. The molecule has 1 N–H and O–H groups in total. The first-order valence-electron chi connectivity index (χ1n) is 9.52. The van der Waals surface area contributed by atoms with Gasteiger partial charge in [-0.25, -0.2) is 4.68 Å². The van der Waals surface area contributed by atoms with Crippen molar-refractivity contribution in [2.24, 2.45) is 0 Å². The average Bonchev–Trinajstić information content (AvgIpc) is 3.19. The number of rotatable bonds is 8. The molecule has 3 rings (SSSR count). The third kappa shape index (κ3) is 5.38. The van der Waals surface area contributed by atoms with Crippen LogP contribution < -0.4 is 5.32 Å². The van der Waals surface area contributed by atoms with Crippen LogP contribution in [0.2, 0.25) is 0 Å². The van der Waals surface area contributed by atoms with E-state index in [0.717, 1.165) is 44.0 Å². The minimum absolute atomic E-state index is 0.0459. The predicted molar refractivity (Wildman–Crippen MR) is 104 cm³/mol. The molecule has 2 aromatic rings. The molecule has 1 atom stereocenters. The quantitative estimate of drug-likeness (QED) is 0.769. The number of ether oxygens (including phenoxy) is 2. The van der Waals surface area contributed by atoms with Crippen molar-refractivity contribution in [1.82, 2.24) is 20.0 Å². The summed E-state index contributed by atoms with van der Waals surface area (Å²) in [6.45, 7) is 9.47. The van der Waals surface area contributed by atoms with Crippen LogP contribution in [0.4, 0.5) is 0 Å². The summed E-state index contributed by atoms with van der Waals surface area (Å²) in [5.41, 5.74) is 2.69. The van der Waals surface area contributed by atoms with Crippen molar-refractivity contribution < 1.29 is 14.3 Å². The fraction of sp³-hybridized carbons (Fsp3) is 0.500. The van der Waals surface area contributed by atoms with Crippen molar-refractivity contribution in [1.29, 1.82) is 0 Å². The van der Waals surface area contributed by atoms with E-state index >= 15 is 0 Å². The second-order valence-corrected chi connectivity index (χ2v) is 6.55. The molecule has 0 bridgehead atoms. The van der Waals surface area contributed by atoms with E-state index in [4.69, 9.17) is 9.47 Å². The van der Waals surface area contributed by atoms with E-state index in [0.29, 0.717) is 18.7 Å². The van der Waals surface area contributed by atoms with Crippen molar-refractivity contribution in [3.05, 3.63) is 42.2 Å². The summed E-state index contributed by atoms with van der Waals surface area (Å²) in [6, 6.07) is 7.60. The van der Waals surface area contributed by atoms with Gasteiger partial charge in [0.25, 0.3) is 5.91 Å². The first-order valence-corrected chi connectivity index (χ1v) is 9.52. The molecule has 2 heterocycles. The summed E-state index contributed by atoms with van der Waals surface area (Å²) in [5, 5.41) is 7.34. The Morgan fingerprint density at radius 3 is 2.70 bits per heavy atom. The van der Waals surface area contributed by atoms with E-state index in [9.17, 15) is 4.79 Å². The Bertz CT molecular complexity index is 723. The number of amides is 1. The molecule has 1 aliphatic heterocycles. The van der Waals surface area contributed by atoms with Crippen LogP contribution in [0, 0.1) is 0 Å². The Morgan fingerprint density at radius 1 is 1.26 bits per heavy atom. The Balaban J connectivity index is 1.52. The van der Waals surface area contributed by atoms with Crippen LogP contribution in [0.15, 0.2) is 36.7 Å². The van der Waals surface area contributed by atoms with Crippen molar-refractivity contribution in [2.75, 3.05) is 46.0 Å². The number of morpholine rings is 1. The summed E-state index contributed by atoms with van der Waals surface area (Å²) < 4.78 is 12.7. The lowest BCUT2D eigenvalue weighted by atomic mass is 10.1. The molecule has 1 aromatic heterocycles. The van der Waals surface area contributed by atoms with Gasteiger partial charge in [-0.1, -0.05) is 12.1 Å². The van der Waals surface area contributed by atoms with E-state index in [1.165, 1.54) is 0 Å². The van der Waals surface area contributed by atoms with E-state index in [2.05, 4.69) is 15.3 Å². The number of hydrogen-bond acceptors (Lipinski definition) is 5. The normalized spacial score (nSPS) is 16.2. The number of carbonyl (C=O) groups excluding carboxylic acids is 1. The molecule has 1 fully saturated rings. The Hall–Kier alpha value is -2.22. The van der Waals surface area contributed by atoms with Gasteiger partial charge in [0.1, 0.15) is 6.23 Å². The molecular weight excluding hydrogens is 344 g/mol. The van der Waals surface area contributed by atoms with Crippen molar-refractivity contribution >= 4 is 5.91 Å². The lowest BCUT2D eigenvalue weighted by Crippen LogP contribution is -2.41. The van der Waals surface area contributed by atoms with Gasteiger partial charge in [-0.05, 0) is 31.5 Å². The molecular formula is C20H28N4O3. The number of benzene rings is 1. The summed E-state index contributed by atoms with van der Waals surface area (Å²) in [4.78, 5) is 14.6. The monoisotopic (exact) mass is 372 g/mol. The predicted octanol–water partition coefficient (Wildman–Crippen LogP) is 2.17. The highest BCUT2D eigenvalue weighted by Crippen LogP contribution is 2.21. The third-order valence-corrected chi connectivity index (χ3v) is 4.68. The summed E-state index contributed by atoms with van der Waals surface area (Å²) in [7, 11) is 0. The highest BCUT2D eigenvalue weighted by Gasteiger charge is 2.12. The minimum atomic E-state index is -0.0970. The Labute approximate surface area is 160 Å². The van der Waals surface area contributed by atoms with Crippen molar-refractivity contribution in [3.63, 3.8) is 0 Å². The van der Waals surface area contributed by atoms with Gasteiger partial charge in [0.05, 0.1) is 19.4 Å². The fourth-order valence-corrected chi connectivity index (χ4v) is 3.07. The minimum Gasteiger partial charge on any atom is -0.379 e. The van der Waals surface area contributed by atoms with E-state index < -0.39 is 0 Å². The molecule has 27 heavy (non-hydrogen) atoms. The molecule has 146 valence electrons. The second kappa shape index (κ2) is 9.64. The highest BCUT2D eigenvalue weighted by atomic mass is 16.5. The van der Waals surface area contributed by atoms with Crippen LogP contribution in [0.5, 0.6) is 0 Å². The van der Waals surface area contributed by atoms with Crippen LogP contribution in [0.3, 0.4) is 0 Å². The zero-order valence-corrected chi connectivity index (χ0v) is 16.1. The largest absolute Gasteiger partial charge is 0.379 e. The average molecular weight is 372 g/mol. The van der Waals surface area contributed by atoms with Crippen LogP contribution >= 0.6 is 0 Å². The van der Waals surface area contributed by atoms with Gasteiger partial charge >= 0.3 is 0 Å². The van der Waals surface area contributed by atoms with Crippen LogP contribution in [0.25, 0.3) is 11.1 Å². The number of carbonyl (C=O) groups is 1. The van der Waals surface area contributed by atoms with Gasteiger partial charge in [0.15, 0.2) is 0 Å². The molecule has 1 aromatic carbocycles. The molecule has 1 unspecified atom stereocenters. The second-order valence-electron chi connectivity index (χ2n) is 6.55.